The smallest absolute Gasteiger partial charge is 0.279 e. The molecule has 1 aliphatic heterocycles. The Hall–Kier alpha value is -0.170. The Morgan fingerprint density at radius 3 is 2.42 bits per heavy atom. The van der Waals surface area contributed by atoms with Crippen molar-refractivity contribution in [2.75, 3.05) is 26.2 Å². The molecule has 5 nitrogen and oxygen atoms in total. The number of rotatable bonds is 8. The zero-order valence-corrected chi connectivity index (χ0v) is 13.3. The summed E-state index contributed by atoms with van der Waals surface area (Å²) < 4.78 is 28.7. The third-order valence-corrected chi connectivity index (χ3v) is 5.41. The van der Waals surface area contributed by atoms with E-state index >= 15 is 0 Å². The zero-order valence-electron chi connectivity index (χ0n) is 12.5. The molecule has 0 saturated carbocycles. The molecule has 19 heavy (non-hydrogen) atoms. The van der Waals surface area contributed by atoms with Crippen molar-refractivity contribution >= 4 is 10.2 Å². The molecule has 0 radical (unpaired) electrons. The summed E-state index contributed by atoms with van der Waals surface area (Å²) in [5, 5.41) is 3.34. The van der Waals surface area contributed by atoms with Gasteiger partial charge in [-0.3, -0.25) is 0 Å². The van der Waals surface area contributed by atoms with E-state index in [0.717, 1.165) is 38.8 Å². The second-order valence-electron chi connectivity index (χ2n) is 5.46. The highest BCUT2D eigenvalue weighted by atomic mass is 32.2. The molecule has 0 bridgehead atoms. The quantitative estimate of drug-likeness (QED) is 0.709. The fourth-order valence-electron chi connectivity index (χ4n) is 2.52. The van der Waals surface area contributed by atoms with Gasteiger partial charge in [0.15, 0.2) is 0 Å². The van der Waals surface area contributed by atoms with Crippen LogP contribution in [-0.4, -0.2) is 44.9 Å². The van der Waals surface area contributed by atoms with Crippen molar-refractivity contribution in [1.29, 1.82) is 0 Å². The monoisotopic (exact) mass is 291 g/mol. The Bertz CT molecular complexity index is 338. The largest absolute Gasteiger partial charge is 0.317 e. The lowest BCUT2D eigenvalue weighted by molar-refractivity contribution is 0.265. The fourth-order valence-corrected chi connectivity index (χ4v) is 3.99. The van der Waals surface area contributed by atoms with Gasteiger partial charge in [-0.25, -0.2) is 0 Å². The van der Waals surface area contributed by atoms with Crippen LogP contribution >= 0.6 is 0 Å². The molecule has 1 aliphatic rings. The number of hydrogen-bond acceptors (Lipinski definition) is 3. The second-order valence-corrected chi connectivity index (χ2v) is 7.16. The Kier molecular flexibility index (Phi) is 7.28. The summed E-state index contributed by atoms with van der Waals surface area (Å²) >= 11 is 0. The van der Waals surface area contributed by atoms with E-state index in [0.29, 0.717) is 19.0 Å². The van der Waals surface area contributed by atoms with Gasteiger partial charge in [-0.15, -0.1) is 0 Å². The van der Waals surface area contributed by atoms with Crippen molar-refractivity contribution < 1.29 is 8.42 Å². The standard InChI is InChI=1S/C13H29N3O2S/c1-4-6-12(3)15-19(17,18)16-9-7-13(8-10-16)11-14-5-2/h12-15H,4-11H2,1-3H3. The van der Waals surface area contributed by atoms with Crippen LogP contribution in [0.5, 0.6) is 0 Å². The highest BCUT2D eigenvalue weighted by molar-refractivity contribution is 7.87. The average Bonchev–Trinajstić information content (AvgIpc) is 2.36. The minimum atomic E-state index is -3.29. The summed E-state index contributed by atoms with van der Waals surface area (Å²) in [5.41, 5.74) is 0. The van der Waals surface area contributed by atoms with E-state index in [1.54, 1.807) is 4.31 Å². The van der Waals surface area contributed by atoms with Gasteiger partial charge >= 0.3 is 0 Å². The molecule has 6 heteroatoms. The predicted octanol–water partition coefficient (Wildman–Crippen LogP) is 1.33. The molecular formula is C13H29N3O2S. The topological polar surface area (TPSA) is 61.4 Å². The SMILES string of the molecule is CCCC(C)NS(=O)(=O)N1CCC(CNCC)CC1. The molecule has 0 amide bonds. The summed E-state index contributed by atoms with van der Waals surface area (Å²) in [4.78, 5) is 0. The summed E-state index contributed by atoms with van der Waals surface area (Å²) in [7, 11) is -3.29. The van der Waals surface area contributed by atoms with E-state index in [1.165, 1.54) is 0 Å². The van der Waals surface area contributed by atoms with Crippen LogP contribution in [0.2, 0.25) is 0 Å². The Morgan fingerprint density at radius 1 is 1.26 bits per heavy atom. The Labute approximate surface area is 118 Å². The van der Waals surface area contributed by atoms with Crippen LogP contribution in [0, 0.1) is 5.92 Å². The molecule has 1 saturated heterocycles. The molecular weight excluding hydrogens is 262 g/mol. The second kappa shape index (κ2) is 8.19. The predicted molar refractivity (Wildman–Crippen MR) is 79.3 cm³/mol. The zero-order chi connectivity index (χ0) is 14.3. The van der Waals surface area contributed by atoms with Crippen LogP contribution in [0.15, 0.2) is 0 Å². The first-order chi connectivity index (χ1) is 8.99. The van der Waals surface area contributed by atoms with Gasteiger partial charge < -0.3 is 5.32 Å². The molecule has 0 aromatic carbocycles. The minimum Gasteiger partial charge on any atom is -0.317 e. The molecule has 0 aliphatic carbocycles. The maximum absolute atomic E-state index is 12.2. The number of nitrogens with one attached hydrogen (secondary N) is 2. The summed E-state index contributed by atoms with van der Waals surface area (Å²) in [6.45, 7) is 9.36. The van der Waals surface area contributed by atoms with Gasteiger partial charge in [-0.1, -0.05) is 20.3 Å². The molecule has 2 N–H and O–H groups in total. The first kappa shape index (κ1) is 16.9. The van der Waals surface area contributed by atoms with Gasteiger partial charge in [0.25, 0.3) is 10.2 Å². The maximum Gasteiger partial charge on any atom is 0.279 e. The lowest BCUT2D eigenvalue weighted by atomic mass is 9.98. The molecule has 1 heterocycles. The molecule has 0 aromatic heterocycles. The summed E-state index contributed by atoms with van der Waals surface area (Å²) in [6.07, 6.45) is 3.79. The maximum atomic E-state index is 12.2. The molecule has 1 atom stereocenters. The van der Waals surface area contributed by atoms with E-state index in [-0.39, 0.29) is 6.04 Å². The van der Waals surface area contributed by atoms with Crippen molar-refractivity contribution in [3.63, 3.8) is 0 Å². The van der Waals surface area contributed by atoms with Crippen molar-refractivity contribution in [2.45, 2.75) is 52.5 Å². The van der Waals surface area contributed by atoms with Crippen LogP contribution in [0.1, 0.15) is 46.5 Å². The van der Waals surface area contributed by atoms with E-state index in [1.807, 2.05) is 6.92 Å². The molecule has 1 rings (SSSR count). The van der Waals surface area contributed by atoms with Gasteiger partial charge in [0.1, 0.15) is 0 Å². The third-order valence-electron chi connectivity index (χ3n) is 3.67. The van der Waals surface area contributed by atoms with E-state index in [4.69, 9.17) is 0 Å². The molecule has 114 valence electrons. The number of nitrogens with zero attached hydrogens (tertiary/aromatic N) is 1. The van der Waals surface area contributed by atoms with Gasteiger partial charge in [-0.05, 0) is 45.2 Å². The average molecular weight is 291 g/mol. The Balaban J connectivity index is 2.40. The van der Waals surface area contributed by atoms with Crippen molar-refractivity contribution in [2.24, 2.45) is 5.92 Å². The summed E-state index contributed by atoms with van der Waals surface area (Å²) in [5.74, 6) is 0.611. The van der Waals surface area contributed by atoms with Gasteiger partial charge in [0, 0.05) is 19.1 Å². The van der Waals surface area contributed by atoms with Crippen LogP contribution in [0.4, 0.5) is 0 Å². The van der Waals surface area contributed by atoms with Crippen molar-refractivity contribution in [3.8, 4) is 0 Å². The molecule has 0 spiro atoms. The first-order valence-electron chi connectivity index (χ1n) is 7.47. The molecule has 1 unspecified atom stereocenters. The van der Waals surface area contributed by atoms with Crippen molar-refractivity contribution in [1.82, 2.24) is 14.3 Å². The first-order valence-corrected chi connectivity index (χ1v) is 8.91. The molecule has 0 aromatic rings. The van der Waals surface area contributed by atoms with Gasteiger partial charge in [-0.2, -0.15) is 17.4 Å². The highest BCUT2D eigenvalue weighted by Gasteiger charge is 2.28. The van der Waals surface area contributed by atoms with Crippen LogP contribution < -0.4 is 10.0 Å². The van der Waals surface area contributed by atoms with Crippen LogP contribution in [-0.2, 0) is 10.2 Å². The minimum absolute atomic E-state index is 0.0227. The summed E-state index contributed by atoms with van der Waals surface area (Å²) in [6, 6.07) is 0.0227. The number of piperidine rings is 1. The fraction of sp³-hybridized carbons (Fsp3) is 1.00. The van der Waals surface area contributed by atoms with Crippen molar-refractivity contribution in [3.05, 3.63) is 0 Å². The van der Waals surface area contributed by atoms with Crippen LogP contribution in [0.3, 0.4) is 0 Å². The van der Waals surface area contributed by atoms with E-state index < -0.39 is 10.2 Å². The third kappa shape index (κ3) is 5.77. The van der Waals surface area contributed by atoms with Gasteiger partial charge in [0.05, 0.1) is 0 Å². The Morgan fingerprint density at radius 2 is 1.89 bits per heavy atom. The van der Waals surface area contributed by atoms with E-state index in [9.17, 15) is 8.42 Å². The van der Waals surface area contributed by atoms with Crippen LogP contribution in [0.25, 0.3) is 0 Å². The van der Waals surface area contributed by atoms with Gasteiger partial charge in [0.2, 0.25) is 0 Å². The normalized spacial score (nSPS) is 20.6. The lowest BCUT2D eigenvalue weighted by Crippen LogP contribution is -2.48. The number of hydrogen-bond donors (Lipinski definition) is 2. The van der Waals surface area contributed by atoms with E-state index in [2.05, 4.69) is 23.9 Å². The lowest BCUT2D eigenvalue weighted by Gasteiger charge is -2.32. The molecule has 1 fully saturated rings. The highest BCUT2D eigenvalue weighted by Crippen LogP contribution is 2.18.